The number of carbonyl (C=O) groups excluding carboxylic acids is 1. The molecular formula is C16H24N2O3. The fourth-order valence-corrected chi connectivity index (χ4v) is 1.93. The molecule has 0 spiro atoms. The second kappa shape index (κ2) is 7.88. The highest BCUT2D eigenvalue weighted by molar-refractivity contribution is 5.81. The van der Waals surface area contributed by atoms with Crippen LogP contribution in [0.4, 0.5) is 0 Å². The predicted octanol–water partition coefficient (Wildman–Crippen LogP) is 1.72. The zero-order valence-corrected chi connectivity index (χ0v) is 12.7. The van der Waals surface area contributed by atoms with E-state index in [9.17, 15) is 4.79 Å². The molecule has 1 unspecified atom stereocenters. The van der Waals surface area contributed by atoms with Crippen LogP contribution in [-0.4, -0.2) is 37.7 Å². The van der Waals surface area contributed by atoms with Crippen LogP contribution in [0.3, 0.4) is 0 Å². The Bertz CT molecular complexity index is 461. The second-order valence-corrected chi connectivity index (χ2v) is 5.19. The first kappa shape index (κ1) is 15.6. The summed E-state index contributed by atoms with van der Waals surface area (Å²) in [5.74, 6) is 1.54. The minimum atomic E-state index is -0.198. The molecule has 5 nitrogen and oxygen atoms in total. The maximum Gasteiger partial charge on any atom is 0.237 e. The number of nitrogens with one attached hydrogen (secondary N) is 2. The Hall–Kier alpha value is -1.75. The van der Waals surface area contributed by atoms with Gasteiger partial charge in [0.05, 0.1) is 12.6 Å². The molecule has 0 bridgehead atoms. The first-order valence-corrected chi connectivity index (χ1v) is 7.59. The molecule has 5 heteroatoms. The third-order valence-electron chi connectivity index (χ3n) is 3.28. The van der Waals surface area contributed by atoms with E-state index in [2.05, 4.69) is 10.6 Å². The van der Waals surface area contributed by atoms with Gasteiger partial charge in [-0.25, -0.2) is 0 Å². The second-order valence-electron chi connectivity index (χ2n) is 5.19. The van der Waals surface area contributed by atoms with E-state index in [1.165, 1.54) is 0 Å². The van der Waals surface area contributed by atoms with Crippen molar-refractivity contribution in [3.63, 3.8) is 0 Å². The van der Waals surface area contributed by atoms with Gasteiger partial charge >= 0.3 is 0 Å². The molecule has 116 valence electrons. The van der Waals surface area contributed by atoms with E-state index in [0.29, 0.717) is 25.8 Å². The summed E-state index contributed by atoms with van der Waals surface area (Å²) in [6.07, 6.45) is 2.21. The average Bonchev–Trinajstić information content (AvgIpc) is 3.29. The van der Waals surface area contributed by atoms with Crippen LogP contribution < -0.4 is 20.1 Å². The highest BCUT2D eigenvalue weighted by Crippen LogP contribution is 2.26. The standard InChI is InChI=1S/C16H24N2O3/c1-3-20-14-6-4-5-7-15(14)21-11-10-17-12(2)16(19)18-13-8-9-13/h4-7,12-13,17H,3,8-11H2,1-2H3,(H,18,19). The van der Waals surface area contributed by atoms with Gasteiger partial charge in [0.1, 0.15) is 6.61 Å². The summed E-state index contributed by atoms with van der Waals surface area (Å²) in [5, 5.41) is 6.14. The minimum absolute atomic E-state index is 0.0622. The molecular weight excluding hydrogens is 268 g/mol. The highest BCUT2D eigenvalue weighted by Gasteiger charge is 2.25. The molecule has 1 aromatic carbocycles. The van der Waals surface area contributed by atoms with Crippen molar-refractivity contribution < 1.29 is 14.3 Å². The Morgan fingerprint density at radius 1 is 1.29 bits per heavy atom. The number of amides is 1. The van der Waals surface area contributed by atoms with Gasteiger partial charge in [0.25, 0.3) is 0 Å². The van der Waals surface area contributed by atoms with Gasteiger partial charge < -0.3 is 20.1 Å². The van der Waals surface area contributed by atoms with Crippen LogP contribution in [-0.2, 0) is 4.79 Å². The molecule has 1 aliphatic carbocycles. The van der Waals surface area contributed by atoms with E-state index >= 15 is 0 Å². The predicted molar refractivity (Wildman–Crippen MR) is 81.7 cm³/mol. The van der Waals surface area contributed by atoms with Crippen LogP contribution in [0.1, 0.15) is 26.7 Å². The van der Waals surface area contributed by atoms with Gasteiger partial charge in [-0.05, 0) is 38.8 Å². The summed E-state index contributed by atoms with van der Waals surface area (Å²) in [6, 6.07) is 7.80. The lowest BCUT2D eigenvalue weighted by Crippen LogP contribution is -2.44. The summed E-state index contributed by atoms with van der Waals surface area (Å²) < 4.78 is 11.2. The molecule has 0 aromatic heterocycles. The van der Waals surface area contributed by atoms with Crippen LogP contribution in [0.2, 0.25) is 0 Å². The van der Waals surface area contributed by atoms with Gasteiger partial charge in [-0.15, -0.1) is 0 Å². The van der Waals surface area contributed by atoms with Gasteiger partial charge in [0.15, 0.2) is 11.5 Å². The highest BCUT2D eigenvalue weighted by atomic mass is 16.5. The molecule has 1 aliphatic rings. The lowest BCUT2D eigenvalue weighted by Gasteiger charge is -2.15. The molecule has 0 radical (unpaired) electrons. The Balaban J connectivity index is 1.68. The van der Waals surface area contributed by atoms with E-state index in [-0.39, 0.29) is 11.9 Å². The molecule has 0 heterocycles. The lowest BCUT2D eigenvalue weighted by molar-refractivity contribution is -0.122. The molecule has 0 aliphatic heterocycles. The monoisotopic (exact) mass is 292 g/mol. The molecule has 21 heavy (non-hydrogen) atoms. The number of hydrogen-bond donors (Lipinski definition) is 2. The lowest BCUT2D eigenvalue weighted by atomic mass is 10.3. The van der Waals surface area contributed by atoms with Crippen LogP contribution in [0, 0.1) is 0 Å². The van der Waals surface area contributed by atoms with Crippen molar-refractivity contribution in [3.8, 4) is 11.5 Å². The number of benzene rings is 1. The third-order valence-corrected chi connectivity index (χ3v) is 3.28. The van der Waals surface area contributed by atoms with Crippen molar-refractivity contribution in [2.24, 2.45) is 0 Å². The zero-order chi connectivity index (χ0) is 15.1. The van der Waals surface area contributed by atoms with E-state index in [0.717, 1.165) is 24.3 Å². The van der Waals surface area contributed by atoms with Crippen molar-refractivity contribution in [1.82, 2.24) is 10.6 Å². The van der Waals surface area contributed by atoms with Gasteiger partial charge in [-0.2, -0.15) is 0 Å². The Morgan fingerprint density at radius 2 is 1.95 bits per heavy atom. The molecule has 1 amide bonds. The molecule has 0 saturated heterocycles. The third kappa shape index (κ3) is 5.27. The normalized spacial score (nSPS) is 15.3. The number of carbonyl (C=O) groups is 1. The fourth-order valence-electron chi connectivity index (χ4n) is 1.93. The summed E-state index contributed by atoms with van der Waals surface area (Å²) in [4.78, 5) is 11.8. The molecule has 1 saturated carbocycles. The van der Waals surface area contributed by atoms with Gasteiger partial charge in [-0.3, -0.25) is 4.79 Å². The topological polar surface area (TPSA) is 59.6 Å². The summed E-state index contributed by atoms with van der Waals surface area (Å²) in [7, 11) is 0. The van der Waals surface area contributed by atoms with Crippen LogP contribution in [0.25, 0.3) is 0 Å². The summed E-state index contributed by atoms with van der Waals surface area (Å²) in [5.41, 5.74) is 0. The Morgan fingerprint density at radius 3 is 2.57 bits per heavy atom. The van der Waals surface area contributed by atoms with Crippen molar-refractivity contribution in [2.45, 2.75) is 38.8 Å². The molecule has 2 rings (SSSR count). The molecule has 1 fully saturated rings. The van der Waals surface area contributed by atoms with E-state index in [1.54, 1.807) is 0 Å². The van der Waals surface area contributed by atoms with Crippen molar-refractivity contribution >= 4 is 5.91 Å². The fraction of sp³-hybridized carbons (Fsp3) is 0.562. The van der Waals surface area contributed by atoms with Crippen LogP contribution in [0.15, 0.2) is 24.3 Å². The first-order chi connectivity index (χ1) is 10.2. The van der Waals surface area contributed by atoms with Gasteiger partial charge in [-0.1, -0.05) is 12.1 Å². The molecule has 1 aromatic rings. The summed E-state index contributed by atoms with van der Waals surface area (Å²) >= 11 is 0. The first-order valence-electron chi connectivity index (χ1n) is 7.59. The smallest absolute Gasteiger partial charge is 0.237 e. The Labute approximate surface area is 126 Å². The van der Waals surface area contributed by atoms with E-state index in [1.807, 2.05) is 38.1 Å². The average molecular weight is 292 g/mol. The van der Waals surface area contributed by atoms with Gasteiger partial charge in [0, 0.05) is 12.6 Å². The SMILES string of the molecule is CCOc1ccccc1OCCNC(C)C(=O)NC1CC1. The van der Waals surface area contributed by atoms with Crippen LogP contribution >= 0.6 is 0 Å². The van der Waals surface area contributed by atoms with Crippen molar-refractivity contribution in [1.29, 1.82) is 0 Å². The number of para-hydroxylation sites is 2. The van der Waals surface area contributed by atoms with Crippen molar-refractivity contribution in [3.05, 3.63) is 24.3 Å². The van der Waals surface area contributed by atoms with E-state index in [4.69, 9.17) is 9.47 Å². The maximum atomic E-state index is 11.8. The Kier molecular flexibility index (Phi) is 5.87. The number of rotatable bonds is 9. The van der Waals surface area contributed by atoms with Crippen LogP contribution in [0.5, 0.6) is 11.5 Å². The zero-order valence-electron chi connectivity index (χ0n) is 12.7. The molecule has 1 atom stereocenters. The van der Waals surface area contributed by atoms with Gasteiger partial charge in [0.2, 0.25) is 5.91 Å². The maximum absolute atomic E-state index is 11.8. The van der Waals surface area contributed by atoms with E-state index < -0.39 is 0 Å². The number of hydrogen-bond acceptors (Lipinski definition) is 4. The summed E-state index contributed by atoms with van der Waals surface area (Å²) in [6.45, 7) is 5.52. The largest absolute Gasteiger partial charge is 0.490 e. The quantitative estimate of drug-likeness (QED) is 0.680. The van der Waals surface area contributed by atoms with Crippen molar-refractivity contribution in [2.75, 3.05) is 19.8 Å². The number of ether oxygens (including phenoxy) is 2. The minimum Gasteiger partial charge on any atom is -0.490 e. The molecule has 2 N–H and O–H groups in total.